The third-order valence-corrected chi connectivity index (χ3v) is 16.7. The van der Waals surface area contributed by atoms with Crippen molar-refractivity contribution in [2.24, 2.45) is 0 Å². The van der Waals surface area contributed by atoms with E-state index >= 15 is 0 Å². The largest absolute Gasteiger partial charge is 0.394 e. The number of H-pyrrole nitrogens is 3. The Hall–Kier alpha value is -6.74. The molecule has 0 aromatic carbocycles. The Bertz CT molecular complexity index is 3600. The van der Waals surface area contributed by atoms with Gasteiger partial charge >= 0.3 is 0 Å². The fourth-order valence-corrected chi connectivity index (χ4v) is 12.0. The molecule has 18 unspecified atom stereocenters. The third kappa shape index (κ3) is 11.4. The third-order valence-electron chi connectivity index (χ3n) is 16.7. The number of aromatic amines is 3. The standard InChI is InChI=1S/C17H23N5O8.2C17H23N5O7/c18-17-20-14-6(15(28)21-17)4(1-19-7-9(25)10(26)13-12(7)30-13)2-22(14)16-11(27)8(24)5(3-23)29-16;2*18-17-20-14-10(15(28)21-17)6(3-19-7-1-2-8(24)11(7)25)4-22(14)16-13(27)12(26)9(5-23)29-16/h2,5,7-13,16,19,23-27H,1,3H2,(H3,18,20,21,28);2*1-2,4,7-9,11-13,16,19,23-27H,3,5H2,(H3,18,20,21,28)/t;7?,8-,9?,11+,12?,13?,16?;7-,8-,9?,11+,12?,13?,16?/m.10/s1. The van der Waals surface area contributed by atoms with E-state index in [-0.39, 0.29) is 76.7 Å². The zero-order valence-electron chi connectivity index (χ0n) is 46.0. The quantitative estimate of drug-likeness (QED) is 0.0335. The van der Waals surface area contributed by atoms with Crippen LogP contribution in [-0.2, 0) is 38.6 Å². The van der Waals surface area contributed by atoms with Crippen LogP contribution in [0.15, 0.2) is 57.3 Å². The van der Waals surface area contributed by atoms with Crippen molar-refractivity contribution in [2.75, 3.05) is 37.0 Å². The van der Waals surface area contributed by atoms with Crippen LogP contribution in [0.1, 0.15) is 35.4 Å². The molecule has 0 amide bonds. The predicted octanol–water partition coefficient (Wildman–Crippen LogP) is -10.8. The van der Waals surface area contributed by atoms with Crippen LogP contribution in [-0.4, -0.2) is 262 Å². The van der Waals surface area contributed by atoms with E-state index in [0.717, 1.165) is 0 Å². The zero-order chi connectivity index (χ0) is 63.1. The molecule has 480 valence electrons. The van der Waals surface area contributed by atoms with Crippen molar-refractivity contribution >= 4 is 50.9 Å². The van der Waals surface area contributed by atoms with Gasteiger partial charge in [0.1, 0.15) is 91.6 Å². The summed E-state index contributed by atoms with van der Waals surface area (Å²) in [6, 6.07) is -1.55. The van der Waals surface area contributed by atoms with E-state index in [1.165, 1.54) is 44.4 Å². The SMILES string of the molecule is Nc1nc2c(c(CNC3C(O)C(O)C4OC34)cn2C2OC(CO)C(O)C2O)c(=O)[nH]1.Nc1nc2c(c(CNC3C=C[C@@H](O)[C@H]3O)cn2C2OC(CO)C(O)C2O)c(=O)[nH]1.Nc1nc2c(c(CN[C@H]3C=C[C@H](O)[C@@H]3O)cn2C2OC(CO)C(O)C2O)c(=O)[nH]1. The van der Waals surface area contributed by atoms with E-state index in [4.69, 9.17) is 36.1 Å². The minimum absolute atomic E-state index is 0.119. The minimum Gasteiger partial charge on any atom is -0.394 e. The molecular formula is C51H69N15O22. The molecule has 13 rings (SSSR count). The molecule has 23 atom stereocenters. The van der Waals surface area contributed by atoms with Crippen LogP contribution in [0.3, 0.4) is 0 Å². The first kappa shape index (κ1) is 62.9. The zero-order valence-corrected chi connectivity index (χ0v) is 46.0. The van der Waals surface area contributed by atoms with E-state index in [9.17, 15) is 91.0 Å². The number of nitrogens with one attached hydrogen (secondary N) is 6. The van der Waals surface area contributed by atoms with Gasteiger partial charge in [0, 0.05) is 38.2 Å². The van der Waals surface area contributed by atoms with E-state index in [0.29, 0.717) is 16.7 Å². The highest BCUT2D eigenvalue weighted by Gasteiger charge is 2.61. The molecule has 88 heavy (non-hydrogen) atoms. The number of nitrogen functional groups attached to an aromatic ring is 3. The molecule has 37 nitrogen and oxygen atoms in total. The van der Waals surface area contributed by atoms with Gasteiger partial charge in [-0.1, -0.05) is 24.3 Å². The van der Waals surface area contributed by atoms with E-state index < -0.39 is 171 Å². The lowest BCUT2D eigenvalue weighted by molar-refractivity contribution is -0.0509. The van der Waals surface area contributed by atoms with Gasteiger partial charge in [0.15, 0.2) is 35.6 Å². The van der Waals surface area contributed by atoms with Gasteiger partial charge in [0.05, 0.1) is 66.3 Å². The topological polar surface area (TPSA) is 610 Å². The number of hydrogen-bond acceptors (Lipinski definition) is 31. The number of rotatable bonds is 15. The molecule has 5 fully saturated rings. The number of anilines is 3. The maximum atomic E-state index is 12.6. The van der Waals surface area contributed by atoms with Crippen LogP contribution in [0.4, 0.5) is 17.8 Å². The van der Waals surface area contributed by atoms with Gasteiger partial charge in [-0.05, 0) is 16.7 Å². The first-order valence-electron chi connectivity index (χ1n) is 27.8. The molecule has 27 N–H and O–H groups in total. The van der Waals surface area contributed by atoms with Gasteiger partial charge in [0.25, 0.3) is 16.7 Å². The van der Waals surface area contributed by atoms with Crippen molar-refractivity contribution in [3.05, 3.63) is 90.6 Å². The number of aliphatic hydroxyl groups excluding tert-OH is 15. The monoisotopic (exact) mass is 1240 g/mol. The summed E-state index contributed by atoms with van der Waals surface area (Å²) in [7, 11) is 0. The molecule has 1 saturated carbocycles. The average Bonchev–Trinajstić information content (AvgIpc) is 1.74. The number of hydrogen-bond donors (Lipinski definition) is 24. The normalized spacial score (nSPS) is 36.4. The van der Waals surface area contributed by atoms with Gasteiger partial charge in [-0.2, -0.15) is 15.0 Å². The molecule has 0 radical (unpaired) electrons. The second kappa shape index (κ2) is 24.9. The summed E-state index contributed by atoms with van der Waals surface area (Å²) in [6.45, 7) is -1.10. The van der Waals surface area contributed by atoms with Crippen molar-refractivity contribution in [3.8, 4) is 0 Å². The van der Waals surface area contributed by atoms with Crippen molar-refractivity contribution in [2.45, 2.75) is 160 Å². The number of fused-ring (bicyclic) bond motifs is 4. The Morgan fingerprint density at radius 3 is 1.02 bits per heavy atom. The summed E-state index contributed by atoms with van der Waals surface area (Å²) >= 11 is 0. The molecule has 4 aliphatic heterocycles. The fraction of sp³-hybridized carbons (Fsp3) is 0.569. The van der Waals surface area contributed by atoms with Gasteiger partial charge in [-0.15, -0.1) is 0 Å². The maximum absolute atomic E-state index is 12.6. The lowest BCUT2D eigenvalue weighted by Crippen LogP contribution is -2.44. The summed E-state index contributed by atoms with van der Waals surface area (Å²) in [6.07, 6.45) is -10.2. The molecule has 6 aromatic rings. The van der Waals surface area contributed by atoms with Gasteiger partial charge < -0.3 is 142 Å². The Morgan fingerprint density at radius 2 is 0.750 bits per heavy atom. The summed E-state index contributed by atoms with van der Waals surface area (Å²) in [5.41, 5.74) is 17.3. The fourth-order valence-electron chi connectivity index (χ4n) is 12.0. The highest BCUT2D eigenvalue weighted by Crippen LogP contribution is 2.40. The lowest BCUT2D eigenvalue weighted by Gasteiger charge is -2.20. The van der Waals surface area contributed by atoms with Crippen molar-refractivity contribution in [1.82, 2.24) is 59.6 Å². The predicted molar refractivity (Wildman–Crippen MR) is 298 cm³/mol. The molecule has 7 aliphatic rings. The first-order chi connectivity index (χ1) is 41.9. The van der Waals surface area contributed by atoms with E-state index in [2.05, 4.69) is 45.9 Å². The number of nitrogens with zero attached hydrogens (tertiary/aromatic N) is 6. The van der Waals surface area contributed by atoms with Crippen LogP contribution < -0.4 is 49.8 Å². The Labute approximate surface area is 492 Å². The van der Waals surface area contributed by atoms with E-state index in [1.54, 1.807) is 12.2 Å². The second-order valence-electron chi connectivity index (χ2n) is 22.3. The smallest absolute Gasteiger partial charge is 0.262 e. The van der Waals surface area contributed by atoms with Crippen LogP contribution in [0.5, 0.6) is 0 Å². The minimum atomic E-state index is -1.37. The highest BCUT2D eigenvalue weighted by atomic mass is 16.6. The molecule has 3 aliphatic carbocycles. The summed E-state index contributed by atoms with van der Waals surface area (Å²) in [5.74, 6) is -0.405. The molecule has 6 aromatic heterocycles. The molecule has 4 saturated heterocycles. The second-order valence-corrected chi connectivity index (χ2v) is 22.3. The molecule has 0 bridgehead atoms. The molecular weight excluding hydrogens is 1170 g/mol. The van der Waals surface area contributed by atoms with Crippen LogP contribution in [0.2, 0.25) is 0 Å². The van der Waals surface area contributed by atoms with Gasteiger partial charge in [0.2, 0.25) is 17.8 Å². The number of nitrogens with two attached hydrogens (primary N) is 3. The Balaban J connectivity index is 0.000000136. The van der Waals surface area contributed by atoms with Crippen molar-refractivity contribution in [1.29, 1.82) is 0 Å². The number of aliphatic hydroxyl groups is 15. The first-order valence-corrected chi connectivity index (χ1v) is 27.8. The van der Waals surface area contributed by atoms with Crippen LogP contribution in [0.25, 0.3) is 33.1 Å². The van der Waals surface area contributed by atoms with Gasteiger partial charge in [-0.3, -0.25) is 29.3 Å². The highest BCUT2D eigenvalue weighted by molar-refractivity contribution is 5.82. The number of epoxide rings is 1. The number of aromatic nitrogens is 9. The number of ether oxygens (including phenoxy) is 4. The van der Waals surface area contributed by atoms with E-state index in [1.807, 2.05) is 0 Å². The van der Waals surface area contributed by atoms with Crippen LogP contribution >= 0.6 is 0 Å². The molecule has 10 heterocycles. The lowest BCUT2D eigenvalue weighted by atomic mass is 10.1. The van der Waals surface area contributed by atoms with Crippen LogP contribution in [0, 0.1) is 0 Å². The summed E-state index contributed by atoms with van der Waals surface area (Å²) in [5, 5.41) is 158. The summed E-state index contributed by atoms with van der Waals surface area (Å²) < 4.78 is 26.1. The molecule has 37 heteroatoms. The summed E-state index contributed by atoms with van der Waals surface area (Å²) in [4.78, 5) is 57.3. The Morgan fingerprint density at radius 1 is 0.420 bits per heavy atom. The Kier molecular flexibility index (Phi) is 17.8. The molecule has 0 spiro atoms. The van der Waals surface area contributed by atoms with Gasteiger partial charge in [-0.25, -0.2) is 0 Å². The average molecular weight is 1240 g/mol. The van der Waals surface area contributed by atoms with Crippen molar-refractivity contribution in [3.63, 3.8) is 0 Å². The maximum Gasteiger partial charge on any atom is 0.262 e. The van der Waals surface area contributed by atoms with Crippen molar-refractivity contribution < 1.29 is 95.5 Å².